The molecule has 96 valence electrons. The highest BCUT2D eigenvalue weighted by atomic mass is 19.3. The van der Waals surface area contributed by atoms with Crippen molar-refractivity contribution in [2.45, 2.75) is 31.9 Å². The molecule has 0 radical (unpaired) electrons. The van der Waals surface area contributed by atoms with Crippen molar-refractivity contribution in [3.05, 3.63) is 29.8 Å². The summed E-state index contributed by atoms with van der Waals surface area (Å²) in [7, 11) is 0. The van der Waals surface area contributed by atoms with Crippen LogP contribution in [0.3, 0.4) is 0 Å². The molecule has 0 amide bonds. The number of hydrogen-bond acceptors (Lipinski definition) is 2. The highest BCUT2D eigenvalue weighted by molar-refractivity contribution is 5.28. The average Bonchev–Trinajstić information content (AvgIpc) is 2.19. The molecule has 0 saturated carbocycles. The number of benzene rings is 1. The minimum atomic E-state index is -4.47. The molecule has 0 fully saturated rings. The number of nitrogens with two attached hydrogens (primary N) is 1. The third-order valence-electron chi connectivity index (χ3n) is 1.99. The van der Waals surface area contributed by atoms with Crippen LogP contribution in [0.15, 0.2) is 24.3 Å². The fourth-order valence-electron chi connectivity index (χ4n) is 1.27. The van der Waals surface area contributed by atoms with E-state index in [4.69, 9.17) is 5.73 Å². The van der Waals surface area contributed by atoms with E-state index in [1.165, 1.54) is 24.3 Å². The molecule has 0 aromatic heterocycles. The highest BCUT2D eigenvalue weighted by Crippen LogP contribution is 2.27. The van der Waals surface area contributed by atoms with E-state index in [0.717, 1.165) is 5.56 Å². The lowest BCUT2D eigenvalue weighted by atomic mass is 10.1. The summed E-state index contributed by atoms with van der Waals surface area (Å²) in [6.07, 6.45) is -7.75. The van der Waals surface area contributed by atoms with Crippen molar-refractivity contribution in [3.8, 4) is 5.75 Å². The van der Waals surface area contributed by atoms with Crippen LogP contribution >= 0.6 is 0 Å². The van der Waals surface area contributed by atoms with Gasteiger partial charge in [-0.05, 0) is 31.0 Å². The zero-order chi connectivity index (χ0) is 13.1. The number of rotatable bonds is 5. The minimum absolute atomic E-state index is 0.0655. The normalized spacial score (nSPS) is 13.8. The Bertz CT molecular complexity index is 351. The minimum Gasteiger partial charge on any atom is -0.428 e. The lowest BCUT2D eigenvalue weighted by Crippen LogP contribution is -2.33. The monoisotopic (exact) mass is 251 g/mol. The van der Waals surface area contributed by atoms with Crippen LogP contribution in [0.2, 0.25) is 0 Å². The summed E-state index contributed by atoms with van der Waals surface area (Å²) in [5, 5.41) is 0. The summed E-state index contributed by atoms with van der Waals surface area (Å²) in [6.45, 7) is 1.80. The van der Waals surface area contributed by atoms with Crippen molar-refractivity contribution in [1.82, 2.24) is 0 Å². The van der Waals surface area contributed by atoms with Crippen molar-refractivity contribution < 1.29 is 22.3 Å². The van der Waals surface area contributed by atoms with Crippen LogP contribution < -0.4 is 10.5 Å². The Kier molecular flexibility index (Phi) is 4.34. The number of hydrogen-bond donors (Lipinski definition) is 1. The molecule has 0 aliphatic heterocycles. The van der Waals surface area contributed by atoms with Crippen molar-refractivity contribution in [2.24, 2.45) is 5.73 Å². The van der Waals surface area contributed by atoms with E-state index in [2.05, 4.69) is 4.74 Å². The Labute approximate surface area is 96.4 Å². The lowest BCUT2D eigenvalue weighted by molar-refractivity contribution is -0.253. The lowest BCUT2D eigenvalue weighted by Gasteiger charge is -2.17. The molecule has 0 spiro atoms. The van der Waals surface area contributed by atoms with Crippen LogP contribution in [-0.4, -0.2) is 18.6 Å². The van der Waals surface area contributed by atoms with Gasteiger partial charge in [-0.2, -0.15) is 17.6 Å². The number of ether oxygens (including phenoxy) is 1. The first-order valence-corrected chi connectivity index (χ1v) is 5.01. The molecule has 1 rings (SSSR count). The molecule has 0 aliphatic carbocycles. The van der Waals surface area contributed by atoms with E-state index in [0.29, 0.717) is 6.42 Å². The van der Waals surface area contributed by atoms with Crippen LogP contribution in [-0.2, 0) is 6.42 Å². The van der Waals surface area contributed by atoms with Crippen molar-refractivity contribution >= 4 is 0 Å². The van der Waals surface area contributed by atoms with Crippen molar-refractivity contribution in [1.29, 1.82) is 0 Å². The van der Waals surface area contributed by atoms with Crippen LogP contribution in [0.25, 0.3) is 0 Å². The van der Waals surface area contributed by atoms with Gasteiger partial charge < -0.3 is 10.5 Å². The molecule has 0 saturated heterocycles. The Balaban J connectivity index is 2.68. The van der Waals surface area contributed by atoms with E-state index in [9.17, 15) is 17.6 Å². The van der Waals surface area contributed by atoms with E-state index in [1.54, 1.807) is 6.92 Å². The van der Waals surface area contributed by atoms with E-state index in [-0.39, 0.29) is 11.8 Å². The SMILES string of the molecule is CC(N)Cc1ccc(OC(F)(F)C(F)F)cc1. The molecule has 1 aromatic carbocycles. The zero-order valence-electron chi connectivity index (χ0n) is 9.17. The van der Waals surface area contributed by atoms with Gasteiger partial charge in [-0.3, -0.25) is 0 Å². The maximum Gasteiger partial charge on any atom is 0.461 e. The first kappa shape index (κ1) is 13.8. The molecule has 1 unspecified atom stereocenters. The molecule has 1 atom stereocenters. The molecule has 0 bridgehead atoms. The van der Waals surface area contributed by atoms with Gasteiger partial charge in [0.25, 0.3) is 0 Å². The predicted octanol–water partition coefficient (Wildman–Crippen LogP) is 2.81. The quantitative estimate of drug-likeness (QED) is 0.817. The molecule has 0 aliphatic rings. The number of halogens is 4. The molecule has 17 heavy (non-hydrogen) atoms. The molecular formula is C11H13F4NO. The second-order valence-corrected chi connectivity index (χ2v) is 3.79. The van der Waals surface area contributed by atoms with E-state index >= 15 is 0 Å². The Hall–Kier alpha value is -1.30. The molecular weight excluding hydrogens is 238 g/mol. The molecule has 2 nitrogen and oxygen atoms in total. The van der Waals surface area contributed by atoms with Gasteiger partial charge in [0.05, 0.1) is 0 Å². The van der Waals surface area contributed by atoms with Gasteiger partial charge in [-0.25, -0.2) is 0 Å². The zero-order valence-corrected chi connectivity index (χ0v) is 9.17. The summed E-state index contributed by atoms with van der Waals surface area (Å²) in [5.41, 5.74) is 6.38. The number of alkyl halides is 4. The van der Waals surface area contributed by atoms with Crippen molar-refractivity contribution in [3.63, 3.8) is 0 Å². The second-order valence-electron chi connectivity index (χ2n) is 3.79. The first-order chi connectivity index (χ1) is 7.81. The van der Waals surface area contributed by atoms with Gasteiger partial charge in [-0.15, -0.1) is 0 Å². The Morgan fingerprint density at radius 3 is 2.18 bits per heavy atom. The summed E-state index contributed by atoms with van der Waals surface area (Å²) < 4.78 is 52.7. The molecule has 2 N–H and O–H groups in total. The Morgan fingerprint density at radius 1 is 1.24 bits per heavy atom. The maximum atomic E-state index is 12.6. The largest absolute Gasteiger partial charge is 0.461 e. The van der Waals surface area contributed by atoms with Crippen molar-refractivity contribution in [2.75, 3.05) is 0 Å². The third-order valence-corrected chi connectivity index (χ3v) is 1.99. The van der Waals surface area contributed by atoms with E-state index < -0.39 is 12.5 Å². The average molecular weight is 251 g/mol. The summed E-state index contributed by atoms with van der Waals surface area (Å²) in [4.78, 5) is 0. The fraction of sp³-hybridized carbons (Fsp3) is 0.455. The fourth-order valence-corrected chi connectivity index (χ4v) is 1.27. The van der Waals surface area contributed by atoms with Crippen LogP contribution in [0, 0.1) is 0 Å². The van der Waals surface area contributed by atoms with Crippen LogP contribution in [0.5, 0.6) is 5.75 Å². The summed E-state index contributed by atoms with van der Waals surface area (Å²) in [6, 6.07) is 5.40. The smallest absolute Gasteiger partial charge is 0.428 e. The van der Waals surface area contributed by atoms with Gasteiger partial charge in [0.1, 0.15) is 5.75 Å². The third kappa shape index (κ3) is 4.22. The predicted molar refractivity (Wildman–Crippen MR) is 55.4 cm³/mol. The molecule has 1 aromatic rings. The van der Waals surface area contributed by atoms with Gasteiger partial charge in [0, 0.05) is 6.04 Å². The van der Waals surface area contributed by atoms with Gasteiger partial charge in [0.2, 0.25) is 0 Å². The highest BCUT2D eigenvalue weighted by Gasteiger charge is 2.43. The van der Waals surface area contributed by atoms with Gasteiger partial charge >= 0.3 is 12.5 Å². The topological polar surface area (TPSA) is 35.2 Å². The standard InChI is InChI=1S/C11H13F4NO/c1-7(16)6-8-2-4-9(5-3-8)17-11(14,15)10(12)13/h2-5,7,10H,6,16H2,1H3. The second kappa shape index (κ2) is 5.35. The van der Waals surface area contributed by atoms with E-state index in [1.807, 2.05) is 0 Å². The van der Waals surface area contributed by atoms with Gasteiger partial charge in [-0.1, -0.05) is 12.1 Å². The van der Waals surface area contributed by atoms with Gasteiger partial charge in [0.15, 0.2) is 0 Å². The molecule has 6 heteroatoms. The maximum absolute atomic E-state index is 12.6. The van der Waals surface area contributed by atoms with Crippen LogP contribution in [0.4, 0.5) is 17.6 Å². The summed E-state index contributed by atoms with van der Waals surface area (Å²) in [5.74, 6) is -0.302. The molecule has 0 heterocycles. The van der Waals surface area contributed by atoms with Crippen LogP contribution in [0.1, 0.15) is 12.5 Å². The first-order valence-electron chi connectivity index (χ1n) is 5.01. The summed E-state index contributed by atoms with van der Waals surface area (Å²) >= 11 is 0. The Morgan fingerprint density at radius 2 is 1.76 bits per heavy atom.